The van der Waals surface area contributed by atoms with Crippen LogP contribution in [0.5, 0.6) is 0 Å². The van der Waals surface area contributed by atoms with Gasteiger partial charge in [-0.3, -0.25) is 9.59 Å². The molecule has 148 valence electrons. The number of piperidine rings is 1. The fourth-order valence-corrected chi connectivity index (χ4v) is 5.21. The molecule has 2 saturated heterocycles. The first-order valence-corrected chi connectivity index (χ1v) is 11.0. The van der Waals surface area contributed by atoms with Gasteiger partial charge in [0.2, 0.25) is 11.8 Å². The van der Waals surface area contributed by atoms with E-state index in [-0.39, 0.29) is 17.2 Å². The summed E-state index contributed by atoms with van der Waals surface area (Å²) >= 11 is 1.69. The molecule has 1 aromatic carbocycles. The van der Waals surface area contributed by atoms with Crippen molar-refractivity contribution in [2.75, 3.05) is 26.2 Å². The molecule has 0 aliphatic carbocycles. The van der Waals surface area contributed by atoms with Gasteiger partial charge in [0.1, 0.15) is 0 Å². The SMILES string of the molecule is Cc1nc(C2(c3ccccc3)CCN(C(=O)CCN3CCCC3=O)CC2)cs1. The lowest BCUT2D eigenvalue weighted by molar-refractivity contribution is -0.134. The Morgan fingerprint density at radius 1 is 1.18 bits per heavy atom. The van der Waals surface area contributed by atoms with Gasteiger partial charge in [-0.05, 0) is 31.7 Å². The zero-order valence-electron chi connectivity index (χ0n) is 16.4. The molecule has 0 saturated carbocycles. The minimum absolute atomic E-state index is 0.117. The molecule has 0 atom stereocenters. The fourth-order valence-electron chi connectivity index (χ4n) is 4.50. The van der Waals surface area contributed by atoms with Crippen LogP contribution in [-0.2, 0) is 15.0 Å². The van der Waals surface area contributed by atoms with Crippen LogP contribution >= 0.6 is 11.3 Å². The number of hydrogen-bond acceptors (Lipinski definition) is 4. The zero-order valence-corrected chi connectivity index (χ0v) is 17.2. The van der Waals surface area contributed by atoms with Gasteiger partial charge in [-0.2, -0.15) is 0 Å². The Bertz CT molecular complexity index is 840. The van der Waals surface area contributed by atoms with Crippen molar-refractivity contribution in [3.05, 3.63) is 52.0 Å². The van der Waals surface area contributed by atoms with Crippen LogP contribution in [0.25, 0.3) is 0 Å². The largest absolute Gasteiger partial charge is 0.343 e. The average Bonchev–Trinajstić information content (AvgIpc) is 3.35. The van der Waals surface area contributed by atoms with E-state index >= 15 is 0 Å². The molecule has 0 radical (unpaired) electrons. The lowest BCUT2D eigenvalue weighted by atomic mass is 9.70. The number of amides is 2. The summed E-state index contributed by atoms with van der Waals surface area (Å²) in [4.78, 5) is 33.1. The van der Waals surface area contributed by atoms with Crippen molar-refractivity contribution in [3.8, 4) is 0 Å². The van der Waals surface area contributed by atoms with Crippen LogP contribution in [0.2, 0.25) is 0 Å². The van der Waals surface area contributed by atoms with Gasteiger partial charge in [-0.25, -0.2) is 4.98 Å². The van der Waals surface area contributed by atoms with E-state index < -0.39 is 0 Å². The number of benzene rings is 1. The Hall–Kier alpha value is -2.21. The number of likely N-dealkylation sites (tertiary alicyclic amines) is 2. The maximum absolute atomic E-state index is 12.7. The molecule has 0 unspecified atom stereocenters. The van der Waals surface area contributed by atoms with Gasteiger partial charge in [0.15, 0.2) is 0 Å². The summed E-state index contributed by atoms with van der Waals surface area (Å²) in [5.74, 6) is 0.351. The van der Waals surface area contributed by atoms with E-state index in [9.17, 15) is 9.59 Å². The zero-order chi connectivity index (χ0) is 19.6. The highest BCUT2D eigenvalue weighted by Gasteiger charge is 2.40. The van der Waals surface area contributed by atoms with Crippen molar-refractivity contribution in [2.45, 2.75) is 44.4 Å². The third kappa shape index (κ3) is 3.70. The van der Waals surface area contributed by atoms with Crippen molar-refractivity contribution >= 4 is 23.2 Å². The smallest absolute Gasteiger partial charge is 0.224 e. The highest BCUT2D eigenvalue weighted by atomic mass is 32.1. The van der Waals surface area contributed by atoms with Crippen molar-refractivity contribution in [1.29, 1.82) is 0 Å². The molecule has 6 heteroatoms. The quantitative estimate of drug-likeness (QED) is 0.777. The number of aryl methyl sites for hydroxylation is 1. The number of hydrogen-bond donors (Lipinski definition) is 0. The molecule has 4 rings (SSSR count). The molecule has 2 aromatic rings. The van der Waals surface area contributed by atoms with E-state index in [2.05, 4.69) is 29.6 Å². The van der Waals surface area contributed by atoms with Crippen LogP contribution in [0.3, 0.4) is 0 Å². The topological polar surface area (TPSA) is 53.5 Å². The summed E-state index contributed by atoms with van der Waals surface area (Å²) in [5.41, 5.74) is 2.30. The molecule has 0 spiro atoms. The summed E-state index contributed by atoms with van der Waals surface area (Å²) < 4.78 is 0. The Morgan fingerprint density at radius 3 is 2.54 bits per heavy atom. The minimum Gasteiger partial charge on any atom is -0.343 e. The van der Waals surface area contributed by atoms with Gasteiger partial charge < -0.3 is 9.80 Å². The Labute approximate surface area is 170 Å². The standard InChI is InChI=1S/C22H27N3O2S/c1-17-23-19(16-28-17)22(18-6-3-2-4-7-18)10-14-25(15-11-22)21(27)9-13-24-12-5-8-20(24)26/h2-4,6-7,16H,5,8-15H2,1H3. The monoisotopic (exact) mass is 397 g/mol. The summed E-state index contributed by atoms with van der Waals surface area (Å²) in [6.07, 6.45) is 3.75. The lowest BCUT2D eigenvalue weighted by Gasteiger charge is -2.41. The summed E-state index contributed by atoms with van der Waals surface area (Å²) in [6, 6.07) is 10.6. The van der Waals surface area contributed by atoms with Crippen LogP contribution in [0, 0.1) is 6.92 Å². The highest BCUT2D eigenvalue weighted by molar-refractivity contribution is 7.09. The second-order valence-electron chi connectivity index (χ2n) is 7.82. The molecule has 1 aromatic heterocycles. The lowest BCUT2D eigenvalue weighted by Crippen LogP contribution is -2.46. The predicted octanol–water partition coefficient (Wildman–Crippen LogP) is 3.37. The van der Waals surface area contributed by atoms with E-state index in [0.717, 1.165) is 49.6 Å². The van der Waals surface area contributed by atoms with Gasteiger partial charge in [0.05, 0.1) is 10.7 Å². The van der Waals surface area contributed by atoms with E-state index in [1.165, 1.54) is 5.56 Å². The first-order valence-electron chi connectivity index (χ1n) is 10.1. The summed E-state index contributed by atoms with van der Waals surface area (Å²) in [5, 5.41) is 3.26. The van der Waals surface area contributed by atoms with E-state index in [4.69, 9.17) is 4.98 Å². The Kier molecular flexibility index (Phi) is 5.49. The van der Waals surface area contributed by atoms with E-state index in [1.54, 1.807) is 11.3 Å². The molecule has 0 bridgehead atoms. The molecule has 3 heterocycles. The predicted molar refractivity (Wildman–Crippen MR) is 110 cm³/mol. The van der Waals surface area contributed by atoms with Gasteiger partial charge in [0.25, 0.3) is 0 Å². The molecule has 2 amide bonds. The summed E-state index contributed by atoms with van der Waals surface area (Å²) in [7, 11) is 0. The number of carbonyl (C=O) groups excluding carboxylic acids is 2. The normalized spacial score (nSPS) is 19.2. The fraction of sp³-hybridized carbons (Fsp3) is 0.500. The molecule has 2 aliphatic heterocycles. The molecule has 2 fully saturated rings. The number of carbonyl (C=O) groups is 2. The van der Waals surface area contributed by atoms with Gasteiger partial charge in [-0.15, -0.1) is 11.3 Å². The van der Waals surface area contributed by atoms with Crippen molar-refractivity contribution in [3.63, 3.8) is 0 Å². The van der Waals surface area contributed by atoms with Crippen LogP contribution in [0.4, 0.5) is 0 Å². The number of aromatic nitrogens is 1. The molecule has 28 heavy (non-hydrogen) atoms. The molecular formula is C22H27N3O2S. The van der Waals surface area contributed by atoms with Crippen molar-refractivity contribution in [2.24, 2.45) is 0 Å². The van der Waals surface area contributed by atoms with E-state index in [1.807, 2.05) is 22.8 Å². The van der Waals surface area contributed by atoms with E-state index in [0.29, 0.717) is 19.4 Å². The third-order valence-corrected chi connectivity index (χ3v) is 6.95. The molecular weight excluding hydrogens is 370 g/mol. The molecule has 0 N–H and O–H groups in total. The molecule has 2 aliphatic rings. The minimum atomic E-state index is -0.117. The maximum Gasteiger partial charge on any atom is 0.224 e. The van der Waals surface area contributed by atoms with Crippen molar-refractivity contribution < 1.29 is 9.59 Å². The van der Waals surface area contributed by atoms with Gasteiger partial charge in [0, 0.05) is 49.8 Å². The van der Waals surface area contributed by atoms with Crippen LogP contribution in [0.1, 0.15) is 48.4 Å². The average molecular weight is 398 g/mol. The number of rotatable bonds is 5. The van der Waals surface area contributed by atoms with Gasteiger partial charge in [-0.1, -0.05) is 30.3 Å². The third-order valence-electron chi connectivity index (χ3n) is 6.17. The summed E-state index contributed by atoms with van der Waals surface area (Å²) in [6.45, 7) is 4.87. The van der Waals surface area contributed by atoms with Crippen LogP contribution in [-0.4, -0.2) is 52.8 Å². The number of thiazole rings is 1. The van der Waals surface area contributed by atoms with Gasteiger partial charge >= 0.3 is 0 Å². The highest BCUT2D eigenvalue weighted by Crippen LogP contribution is 2.42. The second kappa shape index (κ2) is 8.03. The molecule has 5 nitrogen and oxygen atoms in total. The Morgan fingerprint density at radius 2 is 1.93 bits per heavy atom. The van der Waals surface area contributed by atoms with Crippen molar-refractivity contribution in [1.82, 2.24) is 14.8 Å². The first-order chi connectivity index (χ1) is 13.6. The van der Waals surface area contributed by atoms with Crippen LogP contribution < -0.4 is 0 Å². The maximum atomic E-state index is 12.7. The Balaban J connectivity index is 1.45. The van der Waals surface area contributed by atoms with Crippen LogP contribution in [0.15, 0.2) is 35.7 Å². The number of nitrogens with zero attached hydrogens (tertiary/aromatic N) is 3. The first kappa shape index (κ1) is 19.1. The second-order valence-corrected chi connectivity index (χ2v) is 8.88.